The van der Waals surface area contributed by atoms with E-state index in [1.54, 1.807) is 6.07 Å². The van der Waals surface area contributed by atoms with Crippen LogP contribution in [0.3, 0.4) is 0 Å². The van der Waals surface area contributed by atoms with Gasteiger partial charge in [0.15, 0.2) is 0 Å². The molecule has 0 unspecified atom stereocenters. The van der Waals surface area contributed by atoms with Crippen molar-refractivity contribution in [3.8, 4) is 0 Å². The summed E-state index contributed by atoms with van der Waals surface area (Å²) < 4.78 is 5.13. The predicted molar refractivity (Wildman–Crippen MR) is 58.1 cm³/mol. The first-order valence-electron chi connectivity index (χ1n) is 5.42. The molecule has 0 aromatic carbocycles. The van der Waals surface area contributed by atoms with Gasteiger partial charge in [-0.05, 0) is 25.6 Å². The second kappa shape index (κ2) is 5.09. The lowest BCUT2D eigenvalue weighted by Gasteiger charge is -2.17. The van der Waals surface area contributed by atoms with Gasteiger partial charge in [0, 0.05) is 13.1 Å². The fraction of sp³-hybridized carbons (Fsp3) is 0.600. The van der Waals surface area contributed by atoms with E-state index >= 15 is 0 Å². The van der Waals surface area contributed by atoms with Crippen molar-refractivity contribution in [2.45, 2.75) is 13.0 Å². The van der Waals surface area contributed by atoms with Gasteiger partial charge in [0.1, 0.15) is 10.7 Å². The van der Waals surface area contributed by atoms with Gasteiger partial charge >= 0.3 is 5.88 Å². The van der Waals surface area contributed by atoms with Crippen molar-refractivity contribution in [3.63, 3.8) is 0 Å². The highest BCUT2D eigenvalue weighted by molar-refractivity contribution is 5.17. The van der Waals surface area contributed by atoms with Crippen LogP contribution in [0, 0.1) is 10.1 Å². The van der Waals surface area contributed by atoms with Crippen LogP contribution < -0.4 is 5.32 Å². The first-order valence-corrected chi connectivity index (χ1v) is 5.42. The van der Waals surface area contributed by atoms with E-state index in [9.17, 15) is 10.1 Å². The van der Waals surface area contributed by atoms with Crippen molar-refractivity contribution in [2.24, 2.45) is 0 Å². The Hall–Kier alpha value is -1.40. The van der Waals surface area contributed by atoms with E-state index in [-0.39, 0.29) is 5.88 Å². The molecule has 0 spiro atoms. The van der Waals surface area contributed by atoms with Crippen LogP contribution in [0.25, 0.3) is 0 Å². The van der Waals surface area contributed by atoms with Gasteiger partial charge in [-0.25, -0.2) is 0 Å². The molecule has 88 valence electrons. The van der Waals surface area contributed by atoms with Gasteiger partial charge in [0.25, 0.3) is 0 Å². The first-order chi connectivity index (χ1) is 7.75. The van der Waals surface area contributed by atoms with Crippen molar-refractivity contribution in [1.29, 1.82) is 0 Å². The molecular formula is C10H15N3O3. The minimum atomic E-state index is -0.506. The van der Waals surface area contributed by atoms with E-state index in [1.165, 1.54) is 6.07 Å². The molecule has 0 aliphatic carbocycles. The number of nitrogens with zero attached hydrogens (tertiary/aromatic N) is 2. The average Bonchev–Trinajstić information content (AvgIpc) is 2.56. The van der Waals surface area contributed by atoms with Crippen LogP contribution in [-0.4, -0.2) is 36.0 Å². The Labute approximate surface area is 93.4 Å². The molecule has 6 heteroatoms. The van der Waals surface area contributed by atoms with Crippen LogP contribution in [0.2, 0.25) is 0 Å². The van der Waals surface area contributed by atoms with Crippen molar-refractivity contribution in [1.82, 2.24) is 10.2 Å². The highest BCUT2D eigenvalue weighted by Crippen LogP contribution is 2.17. The highest BCUT2D eigenvalue weighted by Gasteiger charge is 2.15. The Morgan fingerprint density at radius 3 is 3.06 bits per heavy atom. The number of hydrogen-bond acceptors (Lipinski definition) is 5. The van der Waals surface area contributed by atoms with E-state index in [4.69, 9.17) is 4.42 Å². The molecule has 1 fully saturated rings. The summed E-state index contributed by atoms with van der Waals surface area (Å²) in [5.41, 5.74) is 0. The van der Waals surface area contributed by atoms with Crippen LogP contribution in [0.5, 0.6) is 0 Å². The van der Waals surface area contributed by atoms with Crippen LogP contribution in [0.15, 0.2) is 16.5 Å². The molecule has 1 aromatic heterocycles. The zero-order valence-electron chi connectivity index (χ0n) is 9.02. The molecule has 1 aliphatic rings. The monoisotopic (exact) mass is 225 g/mol. The maximum Gasteiger partial charge on any atom is 0.433 e. The lowest BCUT2D eigenvalue weighted by Crippen LogP contribution is -2.27. The lowest BCUT2D eigenvalue weighted by molar-refractivity contribution is -0.402. The molecular weight excluding hydrogens is 210 g/mol. The molecule has 1 aliphatic heterocycles. The standard InChI is InChI=1S/C10H15N3O3/c14-13(15)10-3-2-9(16-10)8-12-6-1-4-11-5-7-12/h2-3,11H,1,4-8H2. The summed E-state index contributed by atoms with van der Waals surface area (Å²) in [5, 5.41) is 13.8. The van der Waals surface area contributed by atoms with E-state index in [0.29, 0.717) is 12.3 Å². The van der Waals surface area contributed by atoms with Crippen LogP contribution >= 0.6 is 0 Å². The smallest absolute Gasteiger partial charge is 0.404 e. The third-order valence-electron chi connectivity index (χ3n) is 2.64. The zero-order valence-corrected chi connectivity index (χ0v) is 9.02. The fourth-order valence-electron chi connectivity index (χ4n) is 1.83. The van der Waals surface area contributed by atoms with Crippen molar-refractivity contribution >= 4 is 5.88 Å². The van der Waals surface area contributed by atoms with Crippen molar-refractivity contribution in [3.05, 3.63) is 28.0 Å². The Morgan fingerprint density at radius 2 is 2.31 bits per heavy atom. The lowest BCUT2D eigenvalue weighted by atomic mass is 10.3. The van der Waals surface area contributed by atoms with Crippen molar-refractivity contribution < 1.29 is 9.34 Å². The molecule has 6 nitrogen and oxygen atoms in total. The fourth-order valence-corrected chi connectivity index (χ4v) is 1.83. The number of furan rings is 1. The van der Waals surface area contributed by atoms with Crippen molar-refractivity contribution in [2.75, 3.05) is 26.2 Å². The Balaban J connectivity index is 1.94. The van der Waals surface area contributed by atoms with Gasteiger partial charge in [0.2, 0.25) is 0 Å². The molecule has 16 heavy (non-hydrogen) atoms. The topological polar surface area (TPSA) is 71.6 Å². The Bertz CT molecular complexity index is 356. The minimum Gasteiger partial charge on any atom is -0.404 e. The second-order valence-electron chi connectivity index (χ2n) is 3.88. The van der Waals surface area contributed by atoms with Gasteiger partial charge in [-0.15, -0.1) is 0 Å². The normalized spacial score (nSPS) is 18.2. The van der Waals surface area contributed by atoms with Gasteiger partial charge < -0.3 is 9.73 Å². The molecule has 2 heterocycles. The van der Waals surface area contributed by atoms with Gasteiger partial charge in [-0.3, -0.25) is 15.0 Å². The predicted octanol–water partition coefficient (Wildman–Crippen LogP) is 0.983. The molecule has 0 radical (unpaired) electrons. The van der Waals surface area contributed by atoms with Crippen LogP contribution in [0.4, 0.5) is 5.88 Å². The molecule has 0 saturated carbocycles. The maximum atomic E-state index is 10.4. The quantitative estimate of drug-likeness (QED) is 0.613. The molecule has 1 saturated heterocycles. The number of hydrogen-bond donors (Lipinski definition) is 1. The van der Waals surface area contributed by atoms with Gasteiger partial charge in [-0.2, -0.15) is 0 Å². The third-order valence-corrected chi connectivity index (χ3v) is 2.64. The number of rotatable bonds is 3. The average molecular weight is 225 g/mol. The summed E-state index contributed by atoms with van der Waals surface area (Å²) in [4.78, 5) is 12.2. The molecule has 0 amide bonds. The number of nitro groups is 1. The van der Waals surface area contributed by atoms with Crippen LogP contribution in [0.1, 0.15) is 12.2 Å². The summed E-state index contributed by atoms with van der Waals surface area (Å²) in [6, 6.07) is 3.09. The number of nitrogens with one attached hydrogen (secondary N) is 1. The van der Waals surface area contributed by atoms with Gasteiger partial charge in [0.05, 0.1) is 12.6 Å². The third kappa shape index (κ3) is 2.80. The van der Waals surface area contributed by atoms with Gasteiger partial charge in [-0.1, -0.05) is 0 Å². The highest BCUT2D eigenvalue weighted by atomic mass is 16.6. The van der Waals surface area contributed by atoms with E-state index in [2.05, 4.69) is 10.2 Å². The summed E-state index contributed by atoms with van der Waals surface area (Å²) in [6.45, 7) is 4.60. The van der Waals surface area contributed by atoms with E-state index in [1.807, 2.05) is 0 Å². The summed E-state index contributed by atoms with van der Waals surface area (Å²) in [6.07, 6.45) is 1.10. The molecule has 0 atom stereocenters. The summed E-state index contributed by atoms with van der Waals surface area (Å²) in [5.74, 6) is 0.483. The Morgan fingerprint density at radius 1 is 1.44 bits per heavy atom. The SMILES string of the molecule is O=[N+]([O-])c1ccc(CN2CCCNCC2)o1. The zero-order chi connectivity index (χ0) is 11.4. The van der Waals surface area contributed by atoms with Crippen LogP contribution in [-0.2, 0) is 6.54 Å². The second-order valence-corrected chi connectivity index (χ2v) is 3.88. The molecule has 0 bridgehead atoms. The van der Waals surface area contributed by atoms with E-state index < -0.39 is 4.92 Å². The van der Waals surface area contributed by atoms with E-state index in [0.717, 1.165) is 32.6 Å². The largest absolute Gasteiger partial charge is 0.433 e. The Kier molecular flexibility index (Phi) is 3.53. The molecule has 1 aromatic rings. The minimum absolute atomic E-state index is 0.178. The summed E-state index contributed by atoms with van der Waals surface area (Å²) in [7, 11) is 0. The molecule has 2 rings (SSSR count). The maximum absolute atomic E-state index is 10.4. The molecule has 1 N–H and O–H groups in total. The first kappa shape index (κ1) is 11.1. The summed E-state index contributed by atoms with van der Waals surface area (Å²) >= 11 is 0.